The monoisotopic (exact) mass is 325 g/mol. The first kappa shape index (κ1) is 18.7. The van der Waals surface area contributed by atoms with Gasteiger partial charge in [-0.2, -0.15) is 13.2 Å². The lowest BCUT2D eigenvalue weighted by Crippen LogP contribution is -2.28. The minimum atomic E-state index is -4.95. The van der Waals surface area contributed by atoms with Crippen LogP contribution in [0.2, 0.25) is 0 Å². The standard InChI is InChI=1S/C10H9F6NO2.ClH/c1-18-7-4-5(19-10(14,15)16)2-3-6(7)8(17)9(11,12)13;/h2-4,8H,17H2,1H3;1H/t8-;/m0./s1. The van der Waals surface area contributed by atoms with Gasteiger partial charge in [0.1, 0.15) is 17.5 Å². The summed E-state index contributed by atoms with van der Waals surface area (Å²) in [6, 6.07) is -0.161. The third-order valence-electron chi connectivity index (χ3n) is 2.13. The van der Waals surface area contributed by atoms with Crippen molar-refractivity contribution in [1.82, 2.24) is 0 Å². The average Bonchev–Trinajstić information content (AvgIpc) is 2.24. The largest absolute Gasteiger partial charge is 0.573 e. The van der Waals surface area contributed by atoms with E-state index in [1.165, 1.54) is 0 Å². The first-order valence-corrected chi connectivity index (χ1v) is 4.80. The van der Waals surface area contributed by atoms with E-state index in [1.807, 2.05) is 0 Å². The van der Waals surface area contributed by atoms with Crippen LogP contribution in [0.25, 0.3) is 0 Å². The van der Waals surface area contributed by atoms with Crippen molar-refractivity contribution in [2.75, 3.05) is 7.11 Å². The van der Waals surface area contributed by atoms with Crippen molar-refractivity contribution >= 4 is 12.4 Å². The molecule has 116 valence electrons. The van der Waals surface area contributed by atoms with Crippen molar-refractivity contribution in [3.8, 4) is 11.5 Å². The molecule has 1 aromatic rings. The van der Waals surface area contributed by atoms with Crippen molar-refractivity contribution in [2.24, 2.45) is 5.73 Å². The van der Waals surface area contributed by atoms with Crippen LogP contribution >= 0.6 is 12.4 Å². The smallest absolute Gasteiger partial charge is 0.496 e. The van der Waals surface area contributed by atoms with Gasteiger partial charge < -0.3 is 15.2 Å². The normalized spacial score (nSPS) is 13.4. The third-order valence-corrected chi connectivity index (χ3v) is 2.13. The van der Waals surface area contributed by atoms with Crippen molar-refractivity contribution < 1.29 is 35.8 Å². The number of halogens is 7. The van der Waals surface area contributed by atoms with Crippen molar-refractivity contribution in [3.05, 3.63) is 23.8 Å². The van der Waals surface area contributed by atoms with Crippen LogP contribution in [0.4, 0.5) is 26.3 Å². The molecule has 0 aromatic heterocycles. The molecule has 0 aliphatic rings. The Labute approximate surface area is 116 Å². The molecule has 0 aliphatic heterocycles. The fourth-order valence-electron chi connectivity index (χ4n) is 1.32. The van der Waals surface area contributed by atoms with E-state index in [0.29, 0.717) is 6.07 Å². The highest BCUT2D eigenvalue weighted by molar-refractivity contribution is 5.85. The fraction of sp³-hybridized carbons (Fsp3) is 0.400. The van der Waals surface area contributed by atoms with Gasteiger partial charge in [0.05, 0.1) is 7.11 Å². The van der Waals surface area contributed by atoms with Crippen LogP contribution in [0, 0.1) is 0 Å². The molecule has 0 amide bonds. The molecule has 0 saturated heterocycles. The van der Waals surface area contributed by atoms with Crippen LogP contribution in [0.1, 0.15) is 11.6 Å². The quantitative estimate of drug-likeness (QED) is 0.864. The third kappa shape index (κ3) is 4.97. The van der Waals surface area contributed by atoms with E-state index in [0.717, 1.165) is 19.2 Å². The maximum absolute atomic E-state index is 12.4. The molecule has 0 bridgehead atoms. The number of nitrogens with two attached hydrogens (primary N) is 1. The van der Waals surface area contributed by atoms with Gasteiger partial charge in [0, 0.05) is 11.6 Å². The minimum absolute atomic E-state index is 0. The predicted octanol–water partition coefficient (Wildman–Crippen LogP) is 3.58. The molecule has 2 N–H and O–H groups in total. The minimum Gasteiger partial charge on any atom is -0.496 e. The molecule has 1 aromatic carbocycles. The fourth-order valence-corrected chi connectivity index (χ4v) is 1.32. The second-order valence-electron chi connectivity index (χ2n) is 3.47. The maximum Gasteiger partial charge on any atom is 0.573 e. The Hall–Kier alpha value is -1.35. The Morgan fingerprint density at radius 3 is 2.05 bits per heavy atom. The number of hydrogen-bond donors (Lipinski definition) is 1. The molecule has 3 nitrogen and oxygen atoms in total. The van der Waals surface area contributed by atoms with Crippen molar-refractivity contribution in [3.63, 3.8) is 0 Å². The Bertz CT molecular complexity index is 448. The molecule has 0 unspecified atom stereocenters. The Balaban J connectivity index is 0.00000361. The molecule has 0 heterocycles. The summed E-state index contributed by atoms with van der Waals surface area (Å²) < 4.78 is 81.3. The molecular weight excluding hydrogens is 316 g/mol. The van der Waals surface area contributed by atoms with E-state index in [4.69, 9.17) is 5.73 Å². The zero-order valence-corrected chi connectivity index (χ0v) is 10.7. The summed E-state index contributed by atoms with van der Waals surface area (Å²) in [6.07, 6.45) is -9.68. The lowest BCUT2D eigenvalue weighted by molar-refractivity contribution is -0.274. The Morgan fingerprint density at radius 2 is 1.65 bits per heavy atom. The summed E-state index contributed by atoms with van der Waals surface area (Å²) in [7, 11) is 1.01. The van der Waals surface area contributed by atoms with Gasteiger partial charge in [0.15, 0.2) is 0 Å². The highest BCUT2D eigenvalue weighted by atomic mass is 35.5. The second-order valence-corrected chi connectivity index (χ2v) is 3.47. The zero-order valence-electron chi connectivity index (χ0n) is 9.88. The van der Waals surface area contributed by atoms with E-state index in [1.54, 1.807) is 0 Å². The SMILES string of the molecule is COc1cc(OC(F)(F)F)ccc1[C@H](N)C(F)(F)F.Cl. The number of alkyl halides is 6. The molecule has 1 atom stereocenters. The van der Waals surface area contributed by atoms with E-state index < -0.39 is 35.6 Å². The Kier molecular flexibility index (Phi) is 5.97. The summed E-state index contributed by atoms with van der Waals surface area (Å²) >= 11 is 0. The number of methoxy groups -OCH3 is 1. The van der Waals surface area contributed by atoms with Crippen molar-refractivity contribution in [2.45, 2.75) is 18.6 Å². The van der Waals surface area contributed by atoms with Gasteiger partial charge in [-0.25, -0.2) is 0 Å². The number of hydrogen-bond acceptors (Lipinski definition) is 3. The lowest BCUT2D eigenvalue weighted by Gasteiger charge is -2.19. The molecule has 0 fully saturated rings. The first-order valence-electron chi connectivity index (χ1n) is 4.80. The first-order chi connectivity index (χ1) is 8.54. The number of benzene rings is 1. The average molecular weight is 326 g/mol. The van der Waals surface area contributed by atoms with Gasteiger partial charge in [0.25, 0.3) is 0 Å². The van der Waals surface area contributed by atoms with Crippen LogP contribution in [-0.4, -0.2) is 19.6 Å². The summed E-state index contributed by atoms with van der Waals surface area (Å²) in [5, 5.41) is 0. The van der Waals surface area contributed by atoms with Crippen LogP contribution in [0.3, 0.4) is 0 Å². The van der Waals surface area contributed by atoms with Gasteiger partial charge >= 0.3 is 12.5 Å². The van der Waals surface area contributed by atoms with Gasteiger partial charge in [0.2, 0.25) is 0 Å². The van der Waals surface area contributed by atoms with E-state index in [2.05, 4.69) is 9.47 Å². The molecule has 0 saturated carbocycles. The zero-order chi connectivity index (χ0) is 14.8. The number of ether oxygens (including phenoxy) is 2. The van der Waals surface area contributed by atoms with Crippen LogP contribution in [-0.2, 0) is 0 Å². The van der Waals surface area contributed by atoms with Crippen LogP contribution < -0.4 is 15.2 Å². The van der Waals surface area contributed by atoms with Crippen LogP contribution in [0.15, 0.2) is 18.2 Å². The molecule has 0 aliphatic carbocycles. The summed E-state index contributed by atoms with van der Waals surface area (Å²) in [5.41, 5.74) is 4.48. The van der Waals surface area contributed by atoms with Crippen LogP contribution in [0.5, 0.6) is 11.5 Å². The van der Waals surface area contributed by atoms with Gasteiger partial charge in [-0.3, -0.25) is 0 Å². The lowest BCUT2D eigenvalue weighted by atomic mass is 10.1. The highest BCUT2D eigenvalue weighted by Gasteiger charge is 2.40. The predicted molar refractivity (Wildman–Crippen MR) is 59.9 cm³/mol. The molecule has 0 radical (unpaired) electrons. The van der Waals surface area contributed by atoms with Gasteiger partial charge in [-0.15, -0.1) is 25.6 Å². The summed E-state index contributed by atoms with van der Waals surface area (Å²) in [6.45, 7) is 0. The van der Waals surface area contributed by atoms with Gasteiger partial charge in [-0.1, -0.05) is 0 Å². The number of rotatable bonds is 3. The van der Waals surface area contributed by atoms with Crippen molar-refractivity contribution in [1.29, 1.82) is 0 Å². The highest BCUT2D eigenvalue weighted by Crippen LogP contribution is 2.37. The van der Waals surface area contributed by atoms with E-state index in [-0.39, 0.29) is 12.4 Å². The van der Waals surface area contributed by atoms with E-state index >= 15 is 0 Å². The topological polar surface area (TPSA) is 44.5 Å². The molecule has 20 heavy (non-hydrogen) atoms. The van der Waals surface area contributed by atoms with E-state index in [9.17, 15) is 26.3 Å². The molecular formula is C10H10ClF6NO2. The maximum atomic E-state index is 12.4. The summed E-state index contributed by atoms with van der Waals surface area (Å²) in [4.78, 5) is 0. The summed E-state index contributed by atoms with van der Waals surface area (Å²) in [5.74, 6) is -1.13. The Morgan fingerprint density at radius 1 is 1.10 bits per heavy atom. The molecule has 0 spiro atoms. The second kappa shape index (κ2) is 6.40. The molecule has 10 heteroatoms. The van der Waals surface area contributed by atoms with Gasteiger partial charge in [-0.05, 0) is 12.1 Å². The molecule has 1 rings (SSSR count).